The molecule has 0 radical (unpaired) electrons. The number of fused-ring (bicyclic) bond motifs is 2. The van der Waals surface area contributed by atoms with E-state index >= 15 is 0 Å². The van der Waals surface area contributed by atoms with Crippen LogP contribution < -0.4 is 4.90 Å². The number of esters is 1. The molecule has 2 aromatic carbocycles. The molecule has 25 heavy (non-hydrogen) atoms. The molecule has 3 aromatic rings. The van der Waals surface area contributed by atoms with Gasteiger partial charge in [0.25, 0.3) is 5.91 Å². The van der Waals surface area contributed by atoms with Crippen LogP contribution in [-0.4, -0.2) is 30.0 Å². The van der Waals surface area contributed by atoms with Gasteiger partial charge in [0.1, 0.15) is 6.04 Å². The fourth-order valence-corrected chi connectivity index (χ4v) is 3.37. The van der Waals surface area contributed by atoms with Crippen molar-refractivity contribution in [2.45, 2.75) is 12.5 Å². The molecule has 5 nitrogen and oxygen atoms in total. The molecule has 0 N–H and O–H groups in total. The molecule has 0 spiro atoms. The Morgan fingerprint density at radius 2 is 1.84 bits per heavy atom. The number of hydrogen-bond acceptors (Lipinski definition) is 4. The molecule has 1 aliphatic heterocycles. The van der Waals surface area contributed by atoms with Crippen LogP contribution in [0.2, 0.25) is 0 Å². The van der Waals surface area contributed by atoms with Crippen LogP contribution in [0.5, 0.6) is 0 Å². The smallest absolute Gasteiger partial charge is 0.329 e. The molecule has 0 fully saturated rings. The Kier molecular flexibility index (Phi) is 3.69. The van der Waals surface area contributed by atoms with Crippen LogP contribution in [0.1, 0.15) is 15.9 Å². The lowest BCUT2D eigenvalue weighted by Gasteiger charge is -2.24. The third-order valence-electron chi connectivity index (χ3n) is 4.55. The summed E-state index contributed by atoms with van der Waals surface area (Å²) in [6, 6.07) is 16.1. The van der Waals surface area contributed by atoms with E-state index in [9.17, 15) is 9.59 Å². The van der Waals surface area contributed by atoms with E-state index in [4.69, 9.17) is 4.74 Å². The van der Waals surface area contributed by atoms with Crippen LogP contribution >= 0.6 is 0 Å². The highest BCUT2D eigenvalue weighted by molar-refractivity contribution is 6.16. The zero-order valence-corrected chi connectivity index (χ0v) is 13.7. The van der Waals surface area contributed by atoms with Crippen LogP contribution in [-0.2, 0) is 16.0 Å². The summed E-state index contributed by atoms with van der Waals surface area (Å²) < 4.78 is 4.92. The molecule has 0 saturated heterocycles. The third-order valence-corrected chi connectivity index (χ3v) is 4.55. The number of amides is 1. The summed E-state index contributed by atoms with van der Waals surface area (Å²) in [5.41, 5.74) is 2.99. The van der Waals surface area contributed by atoms with Crippen LogP contribution in [0.4, 0.5) is 5.69 Å². The largest absolute Gasteiger partial charge is 0.467 e. The minimum Gasteiger partial charge on any atom is -0.467 e. The minimum absolute atomic E-state index is 0.223. The Morgan fingerprint density at radius 3 is 2.68 bits per heavy atom. The van der Waals surface area contributed by atoms with E-state index in [0.29, 0.717) is 12.0 Å². The molecular weight excluding hydrogens is 316 g/mol. The molecule has 1 amide bonds. The number of rotatable bonds is 2. The first kappa shape index (κ1) is 15.3. The monoisotopic (exact) mass is 332 g/mol. The van der Waals surface area contributed by atoms with Crippen molar-refractivity contribution in [3.63, 3.8) is 0 Å². The van der Waals surface area contributed by atoms with Gasteiger partial charge >= 0.3 is 5.97 Å². The predicted octanol–water partition coefficient (Wildman–Crippen LogP) is 2.98. The van der Waals surface area contributed by atoms with Crippen molar-refractivity contribution in [1.29, 1.82) is 0 Å². The first-order chi connectivity index (χ1) is 12.2. The third kappa shape index (κ3) is 2.45. The van der Waals surface area contributed by atoms with E-state index in [1.54, 1.807) is 17.2 Å². The van der Waals surface area contributed by atoms with Gasteiger partial charge < -0.3 is 4.74 Å². The highest BCUT2D eigenvalue weighted by Crippen LogP contribution is 2.34. The van der Waals surface area contributed by atoms with Gasteiger partial charge in [0.05, 0.1) is 18.2 Å². The molecule has 1 atom stereocenters. The first-order valence-corrected chi connectivity index (χ1v) is 8.04. The van der Waals surface area contributed by atoms with Gasteiger partial charge in [0.2, 0.25) is 0 Å². The summed E-state index contributed by atoms with van der Waals surface area (Å²) in [7, 11) is 1.34. The second-order valence-electron chi connectivity index (χ2n) is 5.92. The second kappa shape index (κ2) is 6.02. The Balaban J connectivity index is 1.85. The van der Waals surface area contributed by atoms with Gasteiger partial charge in [-0.1, -0.05) is 36.4 Å². The fraction of sp³-hybridized carbons (Fsp3) is 0.150. The zero-order valence-electron chi connectivity index (χ0n) is 13.7. The lowest BCUT2D eigenvalue weighted by molar-refractivity contribution is -0.141. The molecule has 0 saturated carbocycles. The van der Waals surface area contributed by atoms with Gasteiger partial charge in [0.15, 0.2) is 0 Å². The Morgan fingerprint density at radius 1 is 1.08 bits per heavy atom. The van der Waals surface area contributed by atoms with Crippen molar-refractivity contribution < 1.29 is 14.3 Å². The summed E-state index contributed by atoms with van der Waals surface area (Å²) >= 11 is 0. The molecular formula is C20H16N2O3. The maximum atomic E-state index is 13.3. The molecule has 2 heterocycles. The van der Waals surface area contributed by atoms with E-state index in [1.165, 1.54) is 7.11 Å². The van der Waals surface area contributed by atoms with E-state index in [2.05, 4.69) is 4.98 Å². The van der Waals surface area contributed by atoms with Crippen LogP contribution in [0, 0.1) is 0 Å². The number of hydrogen-bond donors (Lipinski definition) is 0. The van der Waals surface area contributed by atoms with Crippen molar-refractivity contribution in [3.8, 4) is 0 Å². The quantitative estimate of drug-likeness (QED) is 0.677. The highest BCUT2D eigenvalue weighted by atomic mass is 16.5. The molecule has 0 aliphatic carbocycles. The Labute approximate surface area is 144 Å². The number of pyridine rings is 1. The highest BCUT2D eigenvalue weighted by Gasteiger charge is 2.39. The lowest BCUT2D eigenvalue weighted by atomic mass is 10.1. The van der Waals surface area contributed by atoms with Gasteiger partial charge in [-0.25, -0.2) is 4.79 Å². The van der Waals surface area contributed by atoms with Crippen LogP contribution in [0.3, 0.4) is 0 Å². The average Bonchev–Trinajstić information content (AvgIpc) is 3.06. The maximum Gasteiger partial charge on any atom is 0.329 e. The number of para-hydroxylation sites is 2. The lowest BCUT2D eigenvalue weighted by Crippen LogP contribution is -2.43. The normalized spacial score (nSPS) is 15.9. The number of ether oxygens (including phenoxy) is 1. The van der Waals surface area contributed by atoms with E-state index < -0.39 is 12.0 Å². The number of carbonyl (C=O) groups excluding carboxylic acids is 2. The molecule has 1 aromatic heterocycles. The van der Waals surface area contributed by atoms with Gasteiger partial charge in [-0.2, -0.15) is 0 Å². The Bertz CT molecular complexity index is 978. The van der Waals surface area contributed by atoms with Gasteiger partial charge in [0, 0.05) is 23.7 Å². The molecule has 124 valence electrons. The second-order valence-corrected chi connectivity index (χ2v) is 5.92. The fourth-order valence-electron chi connectivity index (χ4n) is 3.37. The first-order valence-electron chi connectivity index (χ1n) is 8.04. The van der Waals surface area contributed by atoms with Crippen molar-refractivity contribution >= 4 is 28.5 Å². The topological polar surface area (TPSA) is 59.5 Å². The predicted molar refractivity (Wildman–Crippen MR) is 94.5 cm³/mol. The Hall–Kier alpha value is -3.21. The number of anilines is 1. The SMILES string of the molecule is COC(=O)C1Cc2ccccc2N1C(=O)c1ccnc2ccccc12. The maximum absolute atomic E-state index is 13.3. The number of aromatic nitrogens is 1. The van der Waals surface area contributed by atoms with Crippen LogP contribution in [0.25, 0.3) is 10.9 Å². The van der Waals surface area contributed by atoms with Gasteiger partial charge in [-0.05, 0) is 23.8 Å². The summed E-state index contributed by atoms with van der Waals surface area (Å²) in [4.78, 5) is 31.5. The standard InChI is InChI=1S/C20H16N2O3/c1-25-20(24)18-12-13-6-2-5-9-17(13)22(18)19(23)15-10-11-21-16-8-4-3-7-14(15)16/h2-11,18H,12H2,1H3. The van der Waals surface area contributed by atoms with E-state index in [-0.39, 0.29) is 5.91 Å². The molecule has 4 rings (SSSR count). The molecule has 1 aliphatic rings. The van der Waals surface area contributed by atoms with Gasteiger partial charge in [-0.3, -0.25) is 14.7 Å². The summed E-state index contributed by atoms with van der Waals surface area (Å²) in [5.74, 6) is -0.637. The molecule has 1 unspecified atom stereocenters. The summed E-state index contributed by atoms with van der Waals surface area (Å²) in [5, 5.41) is 0.767. The number of benzene rings is 2. The summed E-state index contributed by atoms with van der Waals surface area (Å²) in [6.07, 6.45) is 2.07. The number of methoxy groups -OCH3 is 1. The number of nitrogens with zero attached hydrogens (tertiary/aromatic N) is 2. The molecule has 0 bridgehead atoms. The number of carbonyl (C=O) groups is 2. The minimum atomic E-state index is -0.651. The zero-order chi connectivity index (χ0) is 17.4. The van der Waals surface area contributed by atoms with Crippen molar-refractivity contribution in [1.82, 2.24) is 4.98 Å². The van der Waals surface area contributed by atoms with Gasteiger partial charge in [-0.15, -0.1) is 0 Å². The van der Waals surface area contributed by atoms with Crippen molar-refractivity contribution in [3.05, 3.63) is 71.9 Å². The average molecular weight is 332 g/mol. The summed E-state index contributed by atoms with van der Waals surface area (Å²) in [6.45, 7) is 0. The van der Waals surface area contributed by atoms with Crippen molar-refractivity contribution in [2.75, 3.05) is 12.0 Å². The van der Waals surface area contributed by atoms with E-state index in [0.717, 1.165) is 22.2 Å². The van der Waals surface area contributed by atoms with E-state index in [1.807, 2.05) is 48.5 Å². The molecule has 5 heteroatoms. The van der Waals surface area contributed by atoms with Crippen molar-refractivity contribution in [2.24, 2.45) is 0 Å². The van der Waals surface area contributed by atoms with Crippen LogP contribution in [0.15, 0.2) is 60.8 Å².